The highest BCUT2D eigenvalue weighted by atomic mass is 35.5. The van der Waals surface area contributed by atoms with Crippen molar-refractivity contribution < 1.29 is 0 Å². The topological polar surface area (TPSA) is 74.3 Å². The highest BCUT2D eigenvalue weighted by Gasteiger charge is 2.10. The Hall–Kier alpha value is -1.56. The number of rotatable bonds is 3. The number of benzene rings is 1. The van der Waals surface area contributed by atoms with E-state index in [-0.39, 0.29) is 5.96 Å². The second kappa shape index (κ2) is 6.06. The summed E-state index contributed by atoms with van der Waals surface area (Å²) in [5.41, 5.74) is 9.21. The summed E-state index contributed by atoms with van der Waals surface area (Å²) in [5.74, 6) is -0.228. The van der Waals surface area contributed by atoms with Gasteiger partial charge in [-0.15, -0.1) is 11.3 Å². The van der Waals surface area contributed by atoms with Crippen LogP contribution in [-0.2, 0) is 0 Å². The molecule has 1 aromatic heterocycles. The van der Waals surface area contributed by atoms with E-state index in [9.17, 15) is 0 Å². The molecule has 1 aromatic carbocycles. The van der Waals surface area contributed by atoms with E-state index in [2.05, 4.69) is 10.5 Å². The first-order chi connectivity index (χ1) is 9.06. The first-order valence-electron chi connectivity index (χ1n) is 5.25. The van der Waals surface area contributed by atoms with Gasteiger partial charge in [-0.05, 0) is 24.3 Å². The smallest absolute Gasteiger partial charge is 0.206 e. The van der Waals surface area contributed by atoms with Crippen molar-refractivity contribution in [3.05, 3.63) is 56.2 Å². The summed E-state index contributed by atoms with van der Waals surface area (Å²) in [7, 11) is 0. The zero-order valence-corrected chi connectivity index (χ0v) is 12.0. The van der Waals surface area contributed by atoms with Crippen LogP contribution in [0.4, 0.5) is 0 Å². The van der Waals surface area contributed by atoms with Crippen molar-refractivity contribution >= 4 is 46.2 Å². The summed E-state index contributed by atoms with van der Waals surface area (Å²) in [4.78, 5) is 0.876. The summed E-state index contributed by atoms with van der Waals surface area (Å²) in [6, 6.07) is 10.9. The number of hydrogen-bond donors (Lipinski definition) is 3. The lowest BCUT2D eigenvalue weighted by Crippen LogP contribution is -2.27. The first kappa shape index (κ1) is 13.9. The Bertz CT molecular complexity index is 619. The third kappa shape index (κ3) is 3.70. The maximum absolute atomic E-state index is 7.17. The monoisotopic (exact) mass is 312 g/mol. The van der Waals surface area contributed by atoms with Crippen molar-refractivity contribution in [2.75, 3.05) is 0 Å². The Morgan fingerprint density at radius 1 is 1.16 bits per heavy atom. The van der Waals surface area contributed by atoms with Gasteiger partial charge in [0.05, 0.1) is 9.21 Å². The summed E-state index contributed by atoms with van der Waals surface area (Å²) < 4.78 is 0.666. The summed E-state index contributed by atoms with van der Waals surface area (Å²) in [6.45, 7) is 0. The molecule has 0 radical (unpaired) electrons. The number of thiophene rings is 1. The van der Waals surface area contributed by atoms with Crippen LogP contribution in [0, 0.1) is 5.41 Å². The van der Waals surface area contributed by atoms with Crippen molar-refractivity contribution in [1.29, 1.82) is 5.41 Å². The van der Waals surface area contributed by atoms with Gasteiger partial charge in [0.25, 0.3) is 0 Å². The fourth-order valence-corrected chi connectivity index (χ4v) is 2.61. The van der Waals surface area contributed by atoms with Crippen LogP contribution in [0.1, 0.15) is 10.4 Å². The summed E-state index contributed by atoms with van der Waals surface area (Å²) in [6.07, 6.45) is 0. The van der Waals surface area contributed by atoms with E-state index in [1.54, 1.807) is 18.2 Å². The third-order valence-electron chi connectivity index (χ3n) is 2.21. The Kier molecular flexibility index (Phi) is 4.42. The second-order valence-corrected chi connectivity index (χ2v) is 5.75. The van der Waals surface area contributed by atoms with E-state index in [1.165, 1.54) is 11.3 Å². The van der Waals surface area contributed by atoms with Crippen LogP contribution >= 0.6 is 34.5 Å². The summed E-state index contributed by atoms with van der Waals surface area (Å²) in [5, 5.41) is 11.9. The van der Waals surface area contributed by atoms with Crippen LogP contribution in [0.2, 0.25) is 9.36 Å². The largest absolute Gasteiger partial charge is 0.369 e. The minimum atomic E-state index is -0.228. The van der Waals surface area contributed by atoms with E-state index < -0.39 is 0 Å². The van der Waals surface area contributed by atoms with Crippen molar-refractivity contribution in [2.45, 2.75) is 0 Å². The lowest BCUT2D eigenvalue weighted by molar-refractivity contribution is 0.995. The Labute approximate surface area is 124 Å². The van der Waals surface area contributed by atoms with Crippen molar-refractivity contribution in [1.82, 2.24) is 5.43 Å². The minimum absolute atomic E-state index is 0.228. The maximum atomic E-state index is 7.17. The van der Waals surface area contributed by atoms with Gasteiger partial charge in [0.2, 0.25) is 5.96 Å². The van der Waals surface area contributed by atoms with E-state index in [4.69, 9.17) is 34.3 Å². The van der Waals surface area contributed by atoms with Gasteiger partial charge in [-0.2, -0.15) is 5.10 Å². The van der Waals surface area contributed by atoms with Gasteiger partial charge in [-0.3, -0.25) is 5.41 Å². The van der Waals surface area contributed by atoms with E-state index in [1.807, 2.05) is 18.2 Å². The third-order valence-corrected chi connectivity index (χ3v) is 3.70. The molecule has 0 atom stereocenters. The average molecular weight is 313 g/mol. The Morgan fingerprint density at radius 2 is 1.84 bits per heavy atom. The number of guanidine groups is 1. The molecule has 0 bridgehead atoms. The van der Waals surface area contributed by atoms with Gasteiger partial charge < -0.3 is 5.73 Å². The highest BCUT2D eigenvalue weighted by Crippen LogP contribution is 2.25. The molecule has 7 heteroatoms. The zero-order valence-electron chi connectivity index (χ0n) is 9.65. The first-order valence-corrected chi connectivity index (χ1v) is 6.83. The van der Waals surface area contributed by atoms with Crippen molar-refractivity contribution in [3.63, 3.8) is 0 Å². The van der Waals surface area contributed by atoms with Gasteiger partial charge >= 0.3 is 0 Å². The molecule has 0 fully saturated rings. The molecular weight excluding hydrogens is 303 g/mol. The maximum Gasteiger partial charge on any atom is 0.206 e. The second-order valence-electron chi connectivity index (χ2n) is 3.60. The van der Waals surface area contributed by atoms with Gasteiger partial charge in [-0.1, -0.05) is 35.3 Å². The van der Waals surface area contributed by atoms with Gasteiger partial charge in [0.15, 0.2) is 0 Å². The molecule has 19 heavy (non-hydrogen) atoms. The normalized spacial score (nSPS) is 11.4. The molecule has 0 aliphatic heterocycles. The number of nitrogens with zero attached hydrogens (tertiary/aromatic N) is 1. The van der Waals surface area contributed by atoms with Crippen LogP contribution in [0.25, 0.3) is 0 Å². The highest BCUT2D eigenvalue weighted by molar-refractivity contribution is 7.18. The molecule has 98 valence electrons. The van der Waals surface area contributed by atoms with Gasteiger partial charge in [0.1, 0.15) is 5.71 Å². The van der Waals surface area contributed by atoms with Crippen molar-refractivity contribution in [2.24, 2.45) is 10.8 Å². The minimum Gasteiger partial charge on any atom is -0.369 e. The number of hydrazone groups is 1. The van der Waals surface area contributed by atoms with Crippen LogP contribution in [-0.4, -0.2) is 11.7 Å². The lowest BCUT2D eigenvalue weighted by atomic mass is 10.1. The van der Waals surface area contributed by atoms with Crippen molar-refractivity contribution in [3.8, 4) is 0 Å². The van der Waals surface area contributed by atoms with Gasteiger partial charge in [-0.25, -0.2) is 5.43 Å². The quantitative estimate of drug-likeness (QED) is 0.462. The van der Waals surface area contributed by atoms with Gasteiger partial charge in [0, 0.05) is 10.6 Å². The average Bonchev–Trinajstić information content (AvgIpc) is 2.78. The number of nitrogens with one attached hydrogen (secondary N) is 2. The van der Waals surface area contributed by atoms with E-state index >= 15 is 0 Å². The molecule has 0 spiro atoms. The fraction of sp³-hybridized carbons (Fsp3) is 0. The fourth-order valence-electron chi connectivity index (χ4n) is 1.43. The molecule has 2 aromatic rings. The van der Waals surface area contributed by atoms with E-state index in [0.717, 1.165) is 10.4 Å². The standard InChI is InChI=1S/C12H10Cl2N4S/c13-8-3-1-7(2-4-8)11(17-18-12(15)16)9-5-6-10(14)19-9/h1-6H,(H4,15,16,18). The van der Waals surface area contributed by atoms with Crippen LogP contribution in [0.3, 0.4) is 0 Å². The molecule has 0 saturated carbocycles. The molecule has 0 amide bonds. The molecule has 1 heterocycles. The lowest BCUT2D eigenvalue weighted by Gasteiger charge is -2.05. The number of nitrogens with two attached hydrogens (primary N) is 1. The molecule has 4 nitrogen and oxygen atoms in total. The van der Waals surface area contributed by atoms with E-state index in [0.29, 0.717) is 15.1 Å². The van der Waals surface area contributed by atoms with Crippen LogP contribution in [0.15, 0.2) is 41.5 Å². The summed E-state index contributed by atoms with van der Waals surface area (Å²) >= 11 is 13.2. The molecule has 0 aliphatic carbocycles. The molecule has 0 unspecified atom stereocenters. The van der Waals surface area contributed by atoms with Crippen LogP contribution < -0.4 is 11.2 Å². The predicted octanol–water partition coefficient (Wildman–Crippen LogP) is 3.29. The number of halogens is 2. The molecule has 4 N–H and O–H groups in total. The predicted molar refractivity (Wildman–Crippen MR) is 81.5 cm³/mol. The number of hydrogen-bond acceptors (Lipinski definition) is 3. The Morgan fingerprint density at radius 3 is 2.37 bits per heavy atom. The zero-order chi connectivity index (χ0) is 13.8. The SMILES string of the molecule is N=C(N)NN=C(c1ccc(Cl)cc1)c1ccc(Cl)s1. The molecule has 0 saturated heterocycles. The Balaban J connectivity index is 2.42. The molecular formula is C12H10Cl2N4S. The molecule has 0 aliphatic rings. The molecule has 2 rings (SSSR count). The van der Waals surface area contributed by atoms with Crippen LogP contribution in [0.5, 0.6) is 0 Å².